The standard InChI is InChI=1S/C21H29F2NO2/c1-12-7-14(12)10-18(19(25)21(2,3)4)17(20(24)26)6-5-13-8-15(22)11-16(23)9-13/h8-9,11-12,14,17-18H,5-7,10H2,1-4H3,(H2,24,26)/t12?,14?,17-,18+/m0/s1. The minimum absolute atomic E-state index is 0.0332. The molecule has 0 aromatic heterocycles. The van der Waals surface area contributed by atoms with E-state index in [2.05, 4.69) is 6.92 Å². The Kier molecular flexibility index (Phi) is 6.20. The second kappa shape index (κ2) is 7.85. The lowest BCUT2D eigenvalue weighted by atomic mass is 9.73. The van der Waals surface area contributed by atoms with Gasteiger partial charge in [0.05, 0.1) is 0 Å². The van der Waals surface area contributed by atoms with Crippen LogP contribution in [-0.4, -0.2) is 11.7 Å². The van der Waals surface area contributed by atoms with Gasteiger partial charge in [-0.15, -0.1) is 0 Å². The zero-order valence-electron chi connectivity index (χ0n) is 16.0. The number of aryl methyl sites for hydroxylation is 1. The number of carbonyl (C=O) groups is 2. The number of halogens is 2. The van der Waals surface area contributed by atoms with E-state index in [4.69, 9.17) is 5.73 Å². The summed E-state index contributed by atoms with van der Waals surface area (Å²) in [5.41, 5.74) is 5.53. The van der Waals surface area contributed by atoms with Gasteiger partial charge >= 0.3 is 0 Å². The lowest BCUT2D eigenvalue weighted by Gasteiger charge is -2.30. The van der Waals surface area contributed by atoms with Crippen molar-refractivity contribution < 1.29 is 18.4 Å². The van der Waals surface area contributed by atoms with Crippen molar-refractivity contribution in [2.45, 2.75) is 53.4 Å². The van der Waals surface area contributed by atoms with Crippen LogP contribution in [0.4, 0.5) is 8.78 Å². The third kappa shape index (κ3) is 5.36. The van der Waals surface area contributed by atoms with E-state index in [9.17, 15) is 18.4 Å². The van der Waals surface area contributed by atoms with Crippen LogP contribution in [0.2, 0.25) is 0 Å². The van der Waals surface area contributed by atoms with Crippen LogP contribution in [0.5, 0.6) is 0 Å². The van der Waals surface area contributed by atoms with Gasteiger partial charge in [-0.3, -0.25) is 9.59 Å². The van der Waals surface area contributed by atoms with Gasteiger partial charge in [0.25, 0.3) is 0 Å². The maximum atomic E-state index is 13.4. The van der Waals surface area contributed by atoms with Crippen molar-refractivity contribution in [3.8, 4) is 0 Å². The molecule has 1 aliphatic rings. The molecular weight excluding hydrogens is 336 g/mol. The summed E-state index contributed by atoms with van der Waals surface area (Å²) in [6.45, 7) is 7.67. The maximum Gasteiger partial charge on any atom is 0.221 e. The lowest BCUT2D eigenvalue weighted by molar-refractivity contribution is -0.137. The van der Waals surface area contributed by atoms with Crippen LogP contribution in [-0.2, 0) is 16.0 Å². The van der Waals surface area contributed by atoms with E-state index >= 15 is 0 Å². The Labute approximate surface area is 154 Å². The molecule has 1 saturated carbocycles. The molecule has 2 rings (SSSR count). The molecule has 0 spiro atoms. The van der Waals surface area contributed by atoms with E-state index in [0.29, 0.717) is 36.7 Å². The van der Waals surface area contributed by atoms with E-state index in [1.807, 2.05) is 20.8 Å². The molecule has 5 heteroatoms. The summed E-state index contributed by atoms with van der Waals surface area (Å²) in [6.07, 6.45) is 2.33. The summed E-state index contributed by atoms with van der Waals surface area (Å²) in [4.78, 5) is 25.1. The highest BCUT2D eigenvalue weighted by Crippen LogP contribution is 2.45. The monoisotopic (exact) mass is 365 g/mol. The Morgan fingerprint density at radius 3 is 2.12 bits per heavy atom. The molecule has 0 heterocycles. The van der Waals surface area contributed by atoms with Crippen molar-refractivity contribution in [2.75, 3.05) is 0 Å². The van der Waals surface area contributed by atoms with E-state index in [0.717, 1.165) is 12.5 Å². The van der Waals surface area contributed by atoms with Gasteiger partial charge in [0.15, 0.2) is 0 Å². The number of nitrogens with two attached hydrogens (primary N) is 1. The number of Topliss-reactive ketones (excluding diaryl/α,β-unsaturated/α-hetero) is 1. The van der Waals surface area contributed by atoms with Gasteiger partial charge in [-0.05, 0) is 55.2 Å². The van der Waals surface area contributed by atoms with Gasteiger partial charge in [0, 0.05) is 23.3 Å². The SMILES string of the molecule is CC1CC1C[C@@H](C(=O)C(C)(C)C)[C@H](CCc1cc(F)cc(F)c1)C(N)=O. The fraction of sp³-hybridized carbons (Fsp3) is 0.619. The Morgan fingerprint density at radius 1 is 1.15 bits per heavy atom. The molecule has 1 aromatic rings. The van der Waals surface area contributed by atoms with Gasteiger partial charge in [-0.1, -0.05) is 27.7 Å². The zero-order valence-corrected chi connectivity index (χ0v) is 16.0. The average molecular weight is 365 g/mol. The van der Waals surface area contributed by atoms with Crippen LogP contribution in [0.15, 0.2) is 18.2 Å². The summed E-state index contributed by atoms with van der Waals surface area (Å²) < 4.78 is 26.8. The Hall–Kier alpha value is -1.78. The predicted molar refractivity (Wildman–Crippen MR) is 97.2 cm³/mol. The van der Waals surface area contributed by atoms with E-state index in [1.165, 1.54) is 12.1 Å². The molecule has 1 amide bonds. The smallest absolute Gasteiger partial charge is 0.221 e. The lowest BCUT2D eigenvalue weighted by Crippen LogP contribution is -2.40. The van der Waals surface area contributed by atoms with Gasteiger partial charge in [0.1, 0.15) is 17.4 Å². The molecule has 0 radical (unpaired) electrons. The van der Waals surface area contributed by atoms with Crippen molar-refractivity contribution in [3.63, 3.8) is 0 Å². The summed E-state index contributed by atoms with van der Waals surface area (Å²) in [7, 11) is 0. The summed E-state index contributed by atoms with van der Waals surface area (Å²) >= 11 is 0. The van der Waals surface area contributed by atoms with Crippen molar-refractivity contribution in [2.24, 2.45) is 34.8 Å². The topological polar surface area (TPSA) is 60.2 Å². The quantitative estimate of drug-likeness (QED) is 0.747. The first kappa shape index (κ1) is 20.5. The first-order valence-electron chi connectivity index (χ1n) is 9.27. The summed E-state index contributed by atoms with van der Waals surface area (Å²) in [5.74, 6) is -1.84. The first-order valence-corrected chi connectivity index (χ1v) is 9.27. The molecule has 1 fully saturated rings. The van der Waals surface area contributed by atoms with E-state index < -0.39 is 34.8 Å². The molecule has 0 saturated heterocycles. The van der Waals surface area contributed by atoms with Crippen LogP contribution in [0.1, 0.15) is 52.5 Å². The fourth-order valence-electron chi connectivity index (χ4n) is 3.68. The van der Waals surface area contributed by atoms with Crippen molar-refractivity contribution in [1.82, 2.24) is 0 Å². The highest BCUT2D eigenvalue weighted by molar-refractivity contribution is 5.91. The van der Waals surface area contributed by atoms with Crippen LogP contribution in [0, 0.1) is 40.7 Å². The maximum absolute atomic E-state index is 13.4. The van der Waals surface area contributed by atoms with Gasteiger partial charge in [0.2, 0.25) is 5.91 Å². The average Bonchev–Trinajstić information content (AvgIpc) is 3.18. The first-order chi connectivity index (χ1) is 12.0. The van der Waals surface area contributed by atoms with Gasteiger partial charge in [-0.25, -0.2) is 8.78 Å². The number of amides is 1. The number of rotatable bonds is 8. The molecule has 4 atom stereocenters. The summed E-state index contributed by atoms with van der Waals surface area (Å²) in [5, 5.41) is 0. The molecule has 2 N–H and O–H groups in total. The van der Waals surface area contributed by atoms with Crippen molar-refractivity contribution >= 4 is 11.7 Å². The second-order valence-corrected chi connectivity index (χ2v) is 8.75. The number of primary amides is 1. The normalized spacial score (nSPS) is 21.9. The number of hydrogen-bond acceptors (Lipinski definition) is 2. The van der Waals surface area contributed by atoms with E-state index in [1.54, 1.807) is 0 Å². The van der Waals surface area contributed by atoms with Gasteiger partial charge in [-0.2, -0.15) is 0 Å². The Bertz CT molecular complexity index is 661. The Balaban J connectivity index is 2.19. The summed E-state index contributed by atoms with van der Waals surface area (Å²) in [6, 6.07) is 3.32. The Morgan fingerprint density at radius 2 is 1.69 bits per heavy atom. The largest absolute Gasteiger partial charge is 0.369 e. The molecule has 1 aromatic carbocycles. The van der Waals surface area contributed by atoms with Crippen LogP contribution in [0.25, 0.3) is 0 Å². The van der Waals surface area contributed by atoms with Crippen LogP contribution in [0.3, 0.4) is 0 Å². The van der Waals surface area contributed by atoms with E-state index in [-0.39, 0.29) is 5.78 Å². The number of ketones is 1. The molecule has 0 aliphatic heterocycles. The minimum atomic E-state index is -0.648. The number of benzene rings is 1. The number of carbonyl (C=O) groups excluding carboxylic acids is 2. The van der Waals surface area contributed by atoms with Crippen LogP contribution >= 0.6 is 0 Å². The van der Waals surface area contributed by atoms with Crippen molar-refractivity contribution in [1.29, 1.82) is 0 Å². The second-order valence-electron chi connectivity index (χ2n) is 8.75. The molecule has 2 unspecified atom stereocenters. The fourth-order valence-corrected chi connectivity index (χ4v) is 3.68. The molecule has 3 nitrogen and oxygen atoms in total. The third-order valence-corrected chi connectivity index (χ3v) is 5.43. The molecule has 144 valence electrons. The highest BCUT2D eigenvalue weighted by atomic mass is 19.1. The zero-order chi connectivity index (χ0) is 19.6. The van der Waals surface area contributed by atoms with Gasteiger partial charge < -0.3 is 5.73 Å². The third-order valence-electron chi connectivity index (χ3n) is 5.43. The molecule has 26 heavy (non-hydrogen) atoms. The molecule has 1 aliphatic carbocycles. The molecule has 0 bridgehead atoms. The highest BCUT2D eigenvalue weighted by Gasteiger charge is 2.43. The predicted octanol–water partition coefficient (Wildman–Crippen LogP) is 4.28. The van der Waals surface area contributed by atoms with Crippen LogP contribution < -0.4 is 5.73 Å². The van der Waals surface area contributed by atoms with Crippen molar-refractivity contribution in [3.05, 3.63) is 35.4 Å². The minimum Gasteiger partial charge on any atom is -0.369 e. The number of hydrogen-bond donors (Lipinski definition) is 1. The molecular formula is C21H29F2NO2.